The molecule has 0 saturated carbocycles. The van der Waals surface area contributed by atoms with Crippen LogP contribution in [-0.2, 0) is 11.2 Å². The number of tetrazole rings is 1. The summed E-state index contributed by atoms with van der Waals surface area (Å²) in [6.07, 6.45) is 1.17. The van der Waals surface area contributed by atoms with E-state index in [2.05, 4.69) is 45.0 Å². The molecule has 0 aliphatic carbocycles. The summed E-state index contributed by atoms with van der Waals surface area (Å²) in [6.45, 7) is 2.06. The summed E-state index contributed by atoms with van der Waals surface area (Å²) in [5, 5.41) is 16.7. The lowest BCUT2D eigenvalue weighted by Crippen LogP contribution is -2.12. The molecule has 0 aliphatic rings. The summed E-state index contributed by atoms with van der Waals surface area (Å²) in [4.78, 5) is 12.1. The molecular weight excluding hydrogens is 290 g/mol. The molecule has 2 N–H and O–H groups in total. The van der Waals surface area contributed by atoms with Crippen LogP contribution in [0.3, 0.4) is 0 Å². The summed E-state index contributed by atoms with van der Waals surface area (Å²) in [7, 11) is 0. The highest BCUT2D eigenvalue weighted by atomic mass is 16.1. The maximum atomic E-state index is 12.1. The zero-order valence-electron chi connectivity index (χ0n) is 12.8. The van der Waals surface area contributed by atoms with E-state index in [9.17, 15) is 4.79 Å². The maximum Gasteiger partial charge on any atom is 0.224 e. The second-order valence-corrected chi connectivity index (χ2v) is 5.29. The number of rotatable bonds is 5. The number of amides is 1. The summed E-state index contributed by atoms with van der Waals surface area (Å²) in [6, 6.07) is 15.5. The highest BCUT2D eigenvalue weighted by molar-refractivity contribution is 5.91. The normalized spacial score (nSPS) is 10.5. The van der Waals surface area contributed by atoms with Crippen molar-refractivity contribution in [1.29, 1.82) is 0 Å². The van der Waals surface area contributed by atoms with Gasteiger partial charge in [0.25, 0.3) is 0 Å². The van der Waals surface area contributed by atoms with Gasteiger partial charge in [-0.05, 0) is 41.8 Å². The van der Waals surface area contributed by atoms with Crippen molar-refractivity contribution in [3.8, 4) is 11.4 Å². The number of carbonyl (C=O) groups excluding carboxylic acids is 1. The molecule has 0 radical (unpaired) electrons. The molecule has 23 heavy (non-hydrogen) atoms. The van der Waals surface area contributed by atoms with Gasteiger partial charge in [-0.15, -0.1) is 10.2 Å². The van der Waals surface area contributed by atoms with Crippen molar-refractivity contribution in [2.45, 2.75) is 19.8 Å². The van der Waals surface area contributed by atoms with Gasteiger partial charge in [0, 0.05) is 17.7 Å². The number of hydrogen-bond acceptors (Lipinski definition) is 4. The summed E-state index contributed by atoms with van der Waals surface area (Å²) < 4.78 is 0. The van der Waals surface area contributed by atoms with E-state index >= 15 is 0 Å². The Morgan fingerprint density at radius 3 is 2.83 bits per heavy atom. The van der Waals surface area contributed by atoms with Crippen molar-refractivity contribution in [2.75, 3.05) is 5.32 Å². The monoisotopic (exact) mass is 307 g/mol. The van der Waals surface area contributed by atoms with Crippen molar-refractivity contribution < 1.29 is 4.79 Å². The zero-order valence-corrected chi connectivity index (χ0v) is 12.8. The fourth-order valence-electron chi connectivity index (χ4n) is 2.38. The van der Waals surface area contributed by atoms with Crippen molar-refractivity contribution in [1.82, 2.24) is 20.6 Å². The minimum Gasteiger partial charge on any atom is -0.326 e. The number of benzene rings is 2. The Kier molecular flexibility index (Phi) is 4.42. The van der Waals surface area contributed by atoms with Crippen LogP contribution < -0.4 is 5.32 Å². The van der Waals surface area contributed by atoms with Crippen LogP contribution in [0.15, 0.2) is 48.5 Å². The van der Waals surface area contributed by atoms with Crippen LogP contribution in [0.1, 0.15) is 17.5 Å². The van der Waals surface area contributed by atoms with E-state index in [1.54, 1.807) is 0 Å². The minimum absolute atomic E-state index is 0.0153. The molecule has 116 valence electrons. The number of hydrogen-bond donors (Lipinski definition) is 2. The summed E-state index contributed by atoms with van der Waals surface area (Å²) >= 11 is 0. The van der Waals surface area contributed by atoms with Gasteiger partial charge in [-0.25, -0.2) is 0 Å². The lowest BCUT2D eigenvalue weighted by atomic mass is 10.0. The molecule has 2 aromatic carbocycles. The van der Waals surface area contributed by atoms with Gasteiger partial charge in [0.2, 0.25) is 11.7 Å². The van der Waals surface area contributed by atoms with E-state index in [4.69, 9.17) is 0 Å². The average molecular weight is 307 g/mol. The third-order valence-corrected chi connectivity index (χ3v) is 3.63. The zero-order chi connectivity index (χ0) is 16.1. The number of aryl methyl sites for hydroxylation is 2. The van der Waals surface area contributed by atoms with Crippen molar-refractivity contribution in [2.24, 2.45) is 0 Å². The lowest BCUT2D eigenvalue weighted by Gasteiger charge is -2.07. The van der Waals surface area contributed by atoms with Crippen molar-refractivity contribution >= 4 is 11.6 Å². The first kappa shape index (κ1) is 14.9. The van der Waals surface area contributed by atoms with Crippen LogP contribution in [0.5, 0.6) is 0 Å². The molecule has 3 rings (SSSR count). The Balaban J connectivity index is 1.62. The second-order valence-electron chi connectivity index (χ2n) is 5.29. The summed E-state index contributed by atoms with van der Waals surface area (Å²) in [5.41, 5.74) is 3.93. The molecule has 0 aliphatic heterocycles. The van der Waals surface area contributed by atoms with Crippen molar-refractivity contribution in [3.63, 3.8) is 0 Å². The molecule has 1 heterocycles. The fourth-order valence-corrected chi connectivity index (χ4v) is 2.38. The smallest absolute Gasteiger partial charge is 0.224 e. The SMILES string of the molecule is Cc1ccccc1CCC(=O)Nc1cccc(-c2nn[nH]n2)c1. The highest BCUT2D eigenvalue weighted by Crippen LogP contribution is 2.18. The minimum atomic E-state index is -0.0153. The van der Waals surface area contributed by atoms with E-state index < -0.39 is 0 Å². The van der Waals surface area contributed by atoms with Crippen LogP contribution in [0.4, 0.5) is 5.69 Å². The van der Waals surface area contributed by atoms with Crippen LogP contribution in [0, 0.1) is 6.92 Å². The van der Waals surface area contributed by atoms with Gasteiger partial charge in [0.1, 0.15) is 0 Å². The van der Waals surface area contributed by atoms with Gasteiger partial charge in [-0.2, -0.15) is 5.21 Å². The predicted molar refractivity (Wildman–Crippen MR) is 87.7 cm³/mol. The molecule has 0 bridgehead atoms. The van der Waals surface area contributed by atoms with Gasteiger partial charge in [-0.3, -0.25) is 4.79 Å². The van der Waals surface area contributed by atoms with Crippen LogP contribution in [0.25, 0.3) is 11.4 Å². The van der Waals surface area contributed by atoms with E-state index in [0.717, 1.165) is 17.7 Å². The number of anilines is 1. The third-order valence-electron chi connectivity index (χ3n) is 3.63. The molecule has 1 aromatic heterocycles. The molecule has 3 aromatic rings. The maximum absolute atomic E-state index is 12.1. The van der Waals surface area contributed by atoms with Gasteiger partial charge < -0.3 is 5.32 Å². The van der Waals surface area contributed by atoms with E-state index in [-0.39, 0.29) is 5.91 Å². The van der Waals surface area contributed by atoms with Crippen LogP contribution in [-0.4, -0.2) is 26.5 Å². The first-order chi connectivity index (χ1) is 11.2. The van der Waals surface area contributed by atoms with Gasteiger partial charge in [-0.1, -0.05) is 36.4 Å². The number of aromatic nitrogens is 4. The molecule has 0 saturated heterocycles. The molecule has 0 fully saturated rings. The molecule has 0 atom stereocenters. The van der Waals surface area contributed by atoms with Crippen LogP contribution >= 0.6 is 0 Å². The van der Waals surface area contributed by atoms with Gasteiger partial charge in [0.15, 0.2) is 0 Å². The Bertz CT molecular complexity index is 798. The average Bonchev–Trinajstić information content (AvgIpc) is 3.09. The molecule has 6 nitrogen and oxygen atoms in total. The number of H-pyrrole nitrogens is 1. The molecule has 0 spiro atoms. The third kappa shape index (κ3) is 3.79. The van der Waals surface area contributed by atoms with E-state index in [1.807, 2.05) is 36.4 Å². The molecule has 6 heteroatoms. The molecule has 1 amide bonds. The predicted octanol–water partition coefficient (Wildman–Crippen LogP) is 2.75. The lowest BCUT2D eigenvalue weighted by molar-refractivity contribution is -0.116. The standard InChI is InChI=1S/C17H17N5O/c1-12-5-2-3-6-13(12)9-10-16(23)18-15-8-4-7-14(11-15)17-19-21-22-20-17/h2-8,11H,9-10H2,1H3,(H,18,23)(H,19,20,21,22). The number of carbonyl (C=O) groups is 1. The Morgan fingerprint density at radius 1 is 1.17 bits per heavy atom. The van der Waals surface area contributed by atoms with Gasteiger partial charge >= 0.3 is 0 Å². The van der Waals surface area contributed by atoms with E-state index in [0.29, 0.717) is 12.2 Å². The van der Waals surface area contributed by atoms with Gasteiger partial charge in [0.05, 0.1) is 0 Å². The Morgan fingerprint density at radius 2 is 2.04 bits per heavy atom. The Labute approximate surface area is 133 Å². The fraction of sp³-hybridized carbons (Fsp3) is 0.176. The second kappa shape index (κ2) is 6.83. The number of nitrogens with one attached hydrogen (secondary N) is 2. The largest absolute Gasteiger partial charge is 0.326 e. The summed E-state index contributed by atoms with van der Waals surface area (Å²) in [5.74, 6) is 0.486. The number of aromatic amines is 1. The highest BCUT2D eigenvalue weighted by Gasteiger charge is 2.07. The number of nitrogens with zero attached hydrogens (tertiary/aromatic N) is 3. The van der Waals surface area contributed by atoms with Crippen molar-refractivity contribution in [3.05, 3.63) is 59.7 Å². The topological polar surface area (TPSA) is 83.6 Å². The van der Waals surface area contributed by atoms with Crippen LogP contribution in [0.2, 0.25) is 0 Å². The first-order valence-corrected chi connectivity index (χ1v) is 7.40. The Hall–Kier alpha value is -3.02. The molecular formula is C17H17N5O. The van der Waals surface area contributed by atoms with E-state index in [1.165, 1.54) is 11.1 Å². The quantitative estimate of drug-likeness (QED) is 0.759. The molecule has 0 unspecified atom stereocenters. The first-order valence-electron chi connectivity index (χ1n) is 7.40.